The van der Waals surface area contributed by atoms with Gasteiger partial charge in [-0.3, -0.25) is 0 Å². The van der Waals surface area contributed by atoms with Gasteiger partial charge in [0.1, 0.15) is 0 Å². The fraction of sp³-hybridized carbons (Fsp3) is 0.600. The molecule has 1 nitrogen and oxygen atoms in total. The minimum Gasteiger partial charge on any atom is -0.402 e. The molecule has 2 N–H and O–H groups in total. The van der Waals surface area contributed by atoms with Crippen LogP contribution in [0.15, 0.2) is 23.3 Å². The Hall–Kier alpha value is -0.370. The van der Waals surface area contributed by atoms with Crippen LogP contribution in [0.4, 0.5) is 0 Å². The molecular weight excluding hydrogens is 166 g/mol. The zero-order chi connectivity index (χ0) is 9.56. The van der Waals surface area contributed by atoms with Gasteiger partial charge >= 0.3 is 0 Å². The van der Waals surface area contributed by atoms with Crippen molar-refractivity contribution in [1.29, 1.82) is 0 Å². The van der Waals surface area contributed by atoms with Crippen LogP contribution in [0.5, 0.6) is 0 Å². The van der Waals surface area contributed by atoms with Crippen LogP contribution in [0.2, 0.25) is 0 Å². The van der Waals surface area contributed by atoms with Gasteiger partial charge in [0.15, 0.2) is 0 Å². The third kappa shape index (κ3) is 6.35. The van der Waals surface area contributed by atoms with Crippen LogP contribution in [-0.2, 0) is 0 Å². The summed E-state index contributed by atoms with van der Waals surface area (Å²) < 4.78 is 0. The first-order valence-electron chi connectivity index (χ1n) is 4.31. The van der Waals surface area contributed by atoms with Gasteiger partial charge in [-0.15, -0.1) is 11.8 Å². The van der Waals surface area contributed by atoms with Crippen LogP contribution in [0.1, 0.15) is 33.6 Å². The summed E-state index contributed by atoms with van der Waals surface area (Å²) in [6, 6.07) is 0. The second-order valence-electron chi connectivity index (χ2n) is 3.07. The van der Waals surface area contributed by atoms with Crippen molar-refractivity contribution in [3.05, 3.63) is 23.3 Å². The van der Waals surface area contributed by atoms with E-state index in [1.54, 1.807) is 0 Å². The Kier molecular flexibility index (Phi) is 5.99. The zero-order valence-corrected chi connectivity index (χ0v) is 9.08. The fourth-order valence-corrected chi connectivity index (χ4v) is 1.71. The molecule has 0 saturated heterocycles. The maximum absolute atomic E-state index is 5.66. The smallest absolute Gasteiger partial charge is 0.00406 e. The van der Waals surface area contributed by atoms with Crippen LogP contribution in [0, 0.1) is 0 Å². The average Bonchev–Trinajstić information content (AvgIpc) is 1.99. The van der Waals surface area contributed by atoms with Gasteiger partial charge in [0.05, 0.1) is 0 Å². The Labute approximate surface area is 80.1 Å². The van der Waals surface area contributed by atoms with Crippen LogP contribution >= 0.6 is 11.8 Å². The Morgan fingerprint density at radius 3 is 2.50 bits per heavy atom. The Morgan fingerprint density at radius 1 is 1.50 bits per heavy atom. The molecule has 0 unspecified atom stereocenters. The molecular formula is C10H19NS. The summed E-state index contributed by atoms with van der Waals surface area (Å²) in [5, 5.41) is 0.629. The molecule has 70 valence electrons. The molecule has 0 aliphatic rings. The summed E-state index contributed by atoms with van der Waals surface area (Å²) in [5.41, 5.74) is 6.62. The van der Waals surface area contributed by atoms with E-state index < -0.39 is 0 Å². The summed E-state index contributed by atoms with van der Waals surface area (Å²) in [4.78, 5) is 1.23. The molecule has 0 aliphatic carbocycles. The van der Waals surface area contributed by atoms with Crippen molar-refractivity contribution in [3.8, 4) is 0 Å². The van der Waals surface area contributed by atoms with Gasteiger partial charge in [-0.05, 0) is 24.7 Å². The molecule has 0 heterocycles. The highest BCUT2D eigenvalue weighted by molar-refractivity contribution is 8.03. The van der Waals surface area contributed by atoms with Gasteiger partial charge in [-0.1, -0.05) is 26.5 Å². The molecule has 2 heteroatoms. The summed E-state index contributed by atoms with van der Waals surface area (Å²) in [6.07, 6.45) is 3.89. The van der Waals surface area contributed by atoms with Crippen LogP contribution in [-0.4, -0.2) is 5.25 Å². The predicted molar refractivity (Wildman–Crippen MR) is 59.0 cm³/mol. The van der Waals surface area contributed by atoms with E-state index in [4.69, 9.17) is 5.73 Å². The second-order valence-corrected chi connectivity index (χ2v) is 4.82. The molecule has 0 rings (SSSR count). The number of rotatable bonds is 5. The highest BCUT2D eigenvalue weighted by Gasteiger charge is 1.99. The van der Waals surface area contributed by atoms with Crippen molar-refractivity contribution in [2.24, 2.45) is 5.73 Å². The van der Waals surface area contributed by atoms with E-state index in [0.717, 1.165) is 18.5 Å². The first kappa shape index (κ1) is 11.6. The molecule has 0 aliphatic heterocycles. The van der Waals surface area contributed by atoms with Crippen LogP contribution in [0.25, 0.3) is 0 Å². The molecule has 0 aromatic rings. The minimum atomic E-state index is 0.629. The topological polar surface area (TPSA) is 26.0 Å². The van der Waals surface area contributed by atoms with E-state index in [9.17, 15) is 0 Å². The molecule has 0 aromatic carbocycles. The van der Waals surface area contributed by atoms with Crippen molar-refractivity contribution in [3.63, 3.8) is 0 Å². The lowest BCUT2D eigenvalue weighted by atomic mass is 10.2. The van der Waals surface area contributed by atoms with E-state index >= 15 is 0 Å². The maximum atomic E-state index is 5.66. The number of hydrogen-bond acceptors (Lipinski definition) is 2. The molecule has 12 heavy (non-hydrogen) atoms. The van der Waals surface area contributed by atoms with E-state index in [1.807, 2.05) is 24.8 Å². The van der Waals surface area contributed by atoms with E-state index in [-0.39, 0.29) is 0 Å². The summed E-state index contributed by atoms with van der Waals surface area (Å²) >= 11 is 1.83. The fourth-order valence-electron chi connectivity index (χ4n) is 0.820. The summed E-state index contributed by atoms with van der Waals surface area (Å²) in [7, 11) is 0. The van der Waals surface area contributed by atoms with Gasteiger partial charge in [0.2, 0.25) is 0 Å². The lowest BCUT2D eigenvalue weighted by Crippen LogP contribution is -1.97. The van der Waals surface area contributed by atoms with Gasteiger partial charge in [-0.25, -0.2) is 0 Å². The number of nitrogens with two attached hydrogens (primary N) is 1. The van der Waals surface area contributed by atoms with Crippen molar-refractivity contribution < 1.29 is 0 Å². The first-order valence-corrected chi connectivity index (χ1v) is 5.19. The SMILES string of the molecule is C=C(CC/C(N)=C\C)SC(C)C. The molecule has 0 fully saturated rings. The van der Waals surface area contributed by atoms with E-state index in [2.05, 4.69) is 20.4 Å². The van der Waals surface area contributed by atoms with E-state index in [0.29, 0.717) is 5.25 Å². The summed E-state index contributed by atoms with van der Waals surface area (Å²) in [5.74, 6) is 0. The van der Waals surface area contributed by atoms with E-state index in [1.165, 1.54) is 4.91 Å². The highest BCUT2D eigenvalue weighted by Crippen LogP contribution is 2.24. The predicted octanol–water partition coefficient (Wildman–Crippen LogP) is 3.28. The van der Waals surface area contributed by atoms with Crippen molar-refractivity contribution in [1.82, 2.24) is 0 Å². The third-order valence-corrected chi connectivity index (χ3v) is 2.47. The first-order chi connectivity index (χ1) is 5.56. The van der Waals surface area contributed by atoms with Crippen molar-refractivity contribution >= 4 is 11.8 Å². The number of hydrogen-bond donors (Lipinski definition) is 1. The average molecular weight is 185 g/mol. The molecule has 0 bridgehead atoms. The third-order valence-electron chi connectivity index (χ3n) is 1.47. The van der Waals surface area contributed by atoms with Gasteiger partial charge in [-0.2, -0.15) is 0 Å². The molecule has 0 saturated carbocycles. The molecule has 0 radical (unpaired) electrons. The Morgan fingerprint density at radius 2 is 2.08 bits per heavy atom. The number of thioether (sulfide) groups is 1. The molecule has 0 atom stereocenters. The lowest BCUT2D eigenvalue weighted by Gasteiger charge is -2.07. The Balaban J connectivity index is 3.58. The molecule has 0 aromatic heterocycles. The van der Waals surface area contributed by atoms with Crippen molar-refractivity contribution in [2.45, 2.75) is 38.9 Å². The Bertz CT molecular complexity index is 171. The lowest BCUT2D eigenvalue weighted by molar-refractivity contribution is 0.945. The standard InChI is InChI=1S/C10H19NS/c1-5-10(11)7-6-9(4)12-8(2)3/h5,8H,4,6-7,11H2,1-3H3/b10-5+. The minimum absolute atomic E-state index is 0.629. The summed E-state index contributed by atoms with van der Waals surface area (Å²) in [6.45, 7) is 10.3. The van der Waals surface area contributed by atoms with Gasteiger partial charge < -0.3 is 5.73 Å². The van der Waals surface area contributed by atoms with Gasteiger partial charge in [0.25, 0.3) is 0 Å². The largest absolute Gasteiger partial charge is 0.402 e. The number of allylic oxidation sites excluding steroid dienone is 3. The maximum Gasteiger partial charge on any atom is 0.00406 e. The van der Waals surface area contributed by atoms with Crippen LogP contribution < -0.4 is 5.73 Å². The molecule has 0 spiro atoms. The van der Waals surface area contributed by atoms with Crippen LogP contribution in [0.3, 0.4) is 0 Å². The van der Waals surface area contributed by atoms with Crippen molar-refractivity contribution in [2.75, 3.05) is 0 Å². The monoisotopic (exact) mass is 185 g/mol. The second kappa shape index (κ2) is 6.18. The zero-order valence-electron chi connectivity index (χ0n) is 8.26. The van der Waals surface area contributed by atoms with Gasteiger partial charge in [0, 0.05) is 10.9 Å². The molecule has 0 amide bonds. The quantitative estimate of drug-likeness (QED) is 0.711. The normalized spacial score (nSPS) is 12.2. The highest BCUT2D eigenvalue weighted by atomic mass is 32.2.